The van der Waals surface area contributed by atoms with Crippen molar-refractivity contribution in [2.75, 3.05) is 13.7 Å². The van der Waals surface area contributed by atoms with E-state index in [-0.39, 0.29) is 11.9 Å². The molecule has 0 aromatic heterocycles. The Labute approximate surface area is 127 Å². The molecule has 1 aromatic carbocycles. The van der Waals surface area contributed by atoms with Gasteiger partial charge in [0, 0.05) is 24.3 Å². The van der Waals surface area contributed by atoms with Crippen molar-refractivity contribution in [3.05, 3.63) is 28.0 Å². The van der Waals surface area contributed by atoms with Crippen molar-refractivity contribution in [3.8, 4) is 5.75 Å². The van der Waals surface area contributed by atoms with E-state index < -0.39 is 0 Å². The first kappa shape index (κ1) is 15.7. The van der Waals surface area contributed by atoms with Gasteiger partial charge >= 0.3 is 0 Å². The maximum absolute atomic E-state index is 13.5. The van der Waals surface area contributed by atoms with E-state index in [1.807, 2.05) is 6.92 Å². The van der Waals surface area contributed by atoms with Gasteiger partial charge in [-0.3, -0.25) is 0 Å². The zero-order valence-corrected chi connectivity index (χ0v) is 13.5. The number of methoxy groups -OCH3 is 1. The first-order chi connectivity index (χ1) is 9.55. The van der Waals surface area contributed by atoms with Gasteiger partial charge in [0.15, 0.2) is 0 Å². The summed E-state index contributed by atoms with van der Waals surface area (Å²) in [5.41, 5.74) is 7.10. The molecule has 2 N–H and O–H groups in total. The molecule has 1 aliphatic rings. The minimum Gasteiger partial charge on any atom is -0.496 e. The second kappa shape index (κ2) is 6.87. The predicted molar refractivity (Wildman–Crippen MR) is 80.3 cm³/mol. The van der Waals surface area contributed by atoms with E-state index in [1.54, 1.807) is 6.07 Å². The van der Waals surface area contributed by atoms with E-state index in [0.717, 1.165) is 31.4 Å². The van der Waals surface area contributed by atoms with Crippen LogP contribution in [0.15, 0.2) is 16.6 Å². The summed E-state index contributed by atoms with van der Waals surface area (Å²) in [7, 11) is 1.54. The largest absolute Gasteiger partial charge is 0.496 e. The van der Waals surface area contributed by atoms with Gasteiger partial charge in [0.2, 0.25) is 0 Å². The van der Waals surface area contributed by atoms with E-state index in [9.17, 15) is 4.39 Å². The molecule has 0 aliphatic heterocycles. The lowest BCUT2D eigenvalue weighted by molar-refractivity contribution is -0.0282. The number of ether oxygens (including phenoxy) is 2. The highest BCUT2D eigenvalue weighted by atomic mass is 79.9. The fourth-order valence-corrected chi connectivity index (χ4v) is 3.10. The van der Waals surface area contributed by atoms with Crippen LogP contribution in [0.3, 0.4) is 0 Å². The molecule has 0 heterocycles. The molecule has 1 fully saturated rings. The van der Waals surface area contributed by atoms with E-state index in [2.05, 4.69) is 15.9 Å². The van der Waals surface area contributed by atoms with Crippen LogP contribution in [0.2, 0.25) is 0 Å². The van der Waals surface area contributed by atoms with E-state index in [4.69, 9.17) is 15.2 Å². The van der Waals surface area contributed by atoms with Crippen LogP contribution < -0.4 is 10.5 Å². The molecule has 0 amide bonds. The van der Waals surface area contributed by atoms with Gasteiger partial charge in [-0.05, 0) is 54.1 Å². The molecule has 20 heavy (non-hydrogen) atoms. The van der Waals surface area contributed by atoms with Gasteiger partial charge in [0.05, 0.1) is 17.7 Å². The molecule has 5 heteroatoms. The Morgan fingerprint density at radius 1 is 1.45 bits per heavy atom. The Kier molecular flexibility index (Phi) is 5.41. The van der Waals surface area contributed by atoms with Crippen molar-refractivity contribution >= 4 is 15.9 Å². The molecule has 1 aromatic rings. The molecule has 0 radical (unpaired) electrons. The highest BCUT2D eigenvalue weighted by Crippen LogP contribution is 2.39. The third-order valence-electron chi connectivity index (χ3n) is 3.85. The first-order valence-electron chi connectivity index (χ1n) is 6.95. The minimum atomic E-state index is -0.335. The SMILES string of the molecule is CCOC1CC(CC(N)c2cc(Br)c(F)cc2OC)C1. The summed E-state index contributed by atoms with van der Waals surface area (Å²) in [6.45, 7) is 2.78. The summed E-state index contributed by atoms with van der Waals surface area (Å²) in [5, 5.41) is 0. The van der Waals surface area contributed by atoms with Crippen molar-refractivity contribution in [2.45, 2.75) is 38.3 Å². The number of benzene rings is 1. The number of halogens is 2. The fraction of sp³-hybridized carbons (Fsp3) is 0.600. The van der Waals surface area contributed by atoms with Crippen LogP contribution in [0, 0.1) is 11.7 Å². The Hall–Kier alpha value is -0.650. The highest BCUT2D eigenvalue weighted by molar-refractivity contribution is 9.10. The molecule has 112 valence electrons. The molecule has 2 rings (SSSR count). The maximum Gasteiger partial charge on any atom is 0.141 e. The zero-order chi connectivity index (χ0) is 14.7. The molecule has 0 bridgehead atoms. The summed E-state index contributed by atoms with van der Waals surface area (Å²) in [6, 6.07) is 2.95. The summed E-state index contributed by atoms with van der Waals surface area (Å²) in [6.07, 6.45) is 3.38. The molecule has 0 saturated heterocycles. The number of hydrogen-bond acceptors (Lipinski definition) is 3. The van der Waals surface area contributed by atoms with Gasteiger partial charge in [0.25, 0.3) is 0 Å². The number of hydrogen-bond donors (Lipinski definition) is 1. The van der Waals surface area contributed by atoms with Gasteiger partial charge in [-0.2, -0.15) is 0 Å². The summed E-state index contributed by atoms with van der Waals surface area (Å²) >= 11 is 3.20. The van der Waals surface area contributed by atoms with Crippen LogP contribution in [-0.2, 0) is 4.74 Å². The molecule has 3 nitrogen and oxygen atoms in total. The molecular weight excluding hydrogens is 325 g/mol. The maximum atomic E-state index is 13.5. The number of rotatable bonds is 6. The van der Waals surface area contributed by atoms with Crippen LogP contribution in [-0.4, -0.2) is 19.8 Å². The third-order valence-corrected chi connectivity index (χ3v) is 4.46. The van der Waals surface area contributed by atoms with Gasteiger partial charge in [-0.15, -0.1) is 0 Å². The first-order valence-corrected chi connectivity index (χ1v) is 7.74. The van der Waals surface area contributed by atoms with Crippen molar-refractivity contribution in [1.29, 1.82) is 0 Å². The minimum absolute atomic E-state index is 0.144. The normalized spacial score (nSPS) is 23.2. The molecule has 1 saturated carbocycles. The van der Waals surface area contributed by atoms with Crippen molar-refractivity contribution in [3.63, 3.8) is 0 Å². The van der Waals surface area contributed by atoms with Crippen molar-refractivity contribution < 1.29 is 13.9 Å². The van der Waals surface area contributed by atoms with Crippen LogP contribution >= 0.6 is 15.9 Å². The average molecular weight is 346 g/mol. The lowest BCUT2D eigenvalue weighted by atomic mass is 9.77. The predicted octanol–water partition coefficient (Wildman–Crippen LogP) is 3.80. The van der Waals surface area contributed by atoms with Gasteiger partial charge < -0.3 is 15.2 Å². The lowest BCUT2D eigenvalue weighted by Gasteiger charge is -2.36. The molecule has 0 spiro atoms. The standard InChI is InChI=1S/C15H21BrFNO2/c1-3-20-10-4-9(5-10)6-14(18)11-7-12(16)13(17)8-15(11)19-2/h7-10,14H,3-6,18H2,1-2H3. The van der Waals surface area contributed by atoms with Crippen LogP contribution in [0.25, 0.3) is 0 Å². The summed E-state index contributed by atoms with van der Waals surface area (Å²) in [5.74, 6) is 0.756. The molecular formula is C15H21BrFNO2. The average Bonchev–Trinajstić information content (AvgIpc) is 2.38. The van der Waals surface area contributed by atoms with Crippen LogP contribution in [0.1, 0.15) is 37.8 Å². The monoisotopic (exact) mass is 345 g/mol. The van der Waals surface area contributed by atoms with E-state index >= 15 is 0 Å². The molecule has 1 atom stereocenters. The van der Waals surface area contributed by atoms with Gasteiger partial charge in [0.1, 0.15) is 11.6 Å². The highest BCUT2D eigenvalue weighted by Gasteiger charge is 2.31. The van der Waals surface area contributed by atoms with E-state index in [1.165, 1.54) is 13.2 Å². The van der Waals surface area contributed by atoms with Crippen molar-refractivity contribution in [2.24, 2.45) is 11.7 Å². The topological polar surface area (TPSA) is 44.5 Å². The number of nitrogens with two attached hydrogens (primary N) is 1. The van der Waals surface area contributed by atoms with Gasteiger partial charge in [-0.25, -0.2) is 4.39 Å². The quantitative estimate of drug-likeness (QED) is 0.852. The lowest BCUT2D eigenvalue weighted by Crippen LogP contribution is -2.33. The second-order valence-corrected chi connectivity index (χ2v) is 6.12. The molecule has 1 unspecified atom stereocenters. The molecule has 1 aliphatic carbocycles. The van der Waals surface area contributed by atoms with Crippen molar-refractivity contribution in [1.82, 2.24) is 0 Å². The Balaban J connectivity index is 1.99. The third kappa shape index (κ3) is 3.51. The van der Waals surface area contributed by atoms with Crippen LogP contribution in [0.4, 0.5) is 4.39 Å². The summed E-state index contributed by atoms with van der Waals surface area (Å²) < 4.78 is 24.7. The zero-order valence-electron chi connectivity index (χ0n) is 11.9. The van der Waals surface area contributed by atoms with Gasteiger partial charge in [-0.1, -0.05) is 0 Å². The Morgan fingerprint density at radius 2 is 2.15 bits per heavy atom. The smallest absolute Gasteiger partial charge is 0.141 e. The fourth-order valence-electron chi connectivity index (χ4n) is 2.74. The summed E-state index contributed by atoms with van der Waals surface area (Å²) in [4.78, 5) is 0. The van der Waals surface area contributed by atoms with E-state index in [0.29, 0.717) is 22.2 Å². The Morgan fingerprint density at radius 3 is 2.75 bits per heavy atom. The second-order valence-electron chi connectivity index (χ2n) is 5.27. The van der Waals surface area contributed by atoms with Crippen LogP contribution in [0.5, 0.6) is 5.75 Å². The Bertz CT molecular complexity index is 463.